The molecule has 172 valence electrons. The van der Waals surface area contributed by atoms with Crippen LogP contribution in [0.5, 0.6) is 0 Å². The van der Waals surface area contributed by atoms with Gasteiger partial charge in [0.1, 0.15) is 5.82 Å². The van der Waals surface area contributed by atoms with Crippen LogP contribution in [0.3, 0.4) is 0 Å². The number of fused-ring (bicyclic) bond motifs is 1. The number of aliphatic hydroxyl groups excluding tert-OH is 1. The number of pyridine rings is 1. The summed E-state index contributed by atoms with van der Waals surface area (Å²) < 4.78 is 6.62. The topological polar surface area (TPSA) is 123 Å². The second-order valence-electron chi connectivity index (χ2n) is 7.33. The SMILES string of the molecule is NCCO.Nc1ccc(-c2nc(N3CCOCC3)c3sc(-c4cccc(S)c4)cc3n2)cn1. The fraction of sp³-hybridized carbons (Fsp3) is 0.261. The Balaban J connectivity index is 0.000000601. The number of anilines is 2. The average Bonchev–Trinajstić information content (AvgIpc) is 3.29. The van der Waals surface area contributed by atoms with Crippen molar-refractivity contribution < 1.29 is 9.84 Å². The third-order valence-corrected chi connectivity index (χ3v) is 6.42. The Labute approximate surface area is 201 Å². The predicted molar refractivity (Wildman–Crippen MR) is 137 cm³/mol. The molecule has 1 aromatic carbocycles. The molecule has 0 spiro atoms. The molecular weight excluding hydrogens is 456 g/mol. The second-order valence-corrected chi connectivity index (χ2v) is 8.90. The zero-order chi connectivity index (χ0) is 23.2. The maximum Gasteiger partial charge on any atom is 0.163 e. The molecule has 10 heteroatoms. The molecule has 1 fully saturated rings. The van der Waals surface area contributed by atoms with Crippen LogP contribution in [-0.4, -0.2) is 59.5 Å². The third kappa shape index (κ3) is 5.60. The van der Waals surface area contributed by atoms with E-state index in [0.717, 1.165) is 50.0 Å². The lowest BCUT2D eigenvalue weighted by Gasteiger charge is -2.28. The first kappa shape index (κ1) is 23.4. The van der Waals surface area contributed by atoms with Gasteiger partial charge in [0.2, 0.25) is 0 Å². The van der Waals surface area contributed by atoms with Crippen LogP contribution in [0.25, 0.3) is 32.0 Å². The monoisotopic (exact) mass is 482 g/mol. The lowest BCUT2D eigenvalue weighted by molar-refractivity contribution is 0.122. The zero-order valence-corrected chi connectivity index (χ0v) is 19.7. The zero-order valence-electron chi connectivity index (χ0n) is 18.0. The minimum atomic E-state index is 0.0972. The largest absolute Gasteiger partial charge is 0.395 e. The highest BCUT2D eigenvalue weighted by Gasteiger charge is 2.20. The molecule has 4 heterocycles. The number of morpholine rings is 1. The highest BCUT2D eigenvalue weighted by Crippen LogP contribution is 2.39. The molecule has 33 heavy (non-hydrogen) atoms. The van der Waals surface area contributed by atoms with Crippen LogP contribution >= 0.6 is 24.0 Å². The quantitative estimate of drug-likeness (QED) is 0.327. The first-order valence-corrected chi connectivity index (χ1v) is 11.8. The number of aliphatic hydroxyl groups is 1. The molecule has 5 rings (SSSR count). The van der Waals surface area contributed by atoms with E-state index in [-0.39, 0.29) is 6.61 Å². The van der Waals surface area contributed by atoms with Gasteiger partial charge in [0.25, 0.3) is 0 Å². The van der Waals surface area contributed by atoms with Crippen molar-refractivity contribution >= 4 is 45.8 Å². The summed E-state index contributed by atoms with van der Waals surface area (Å²) in [5.41, 5.74) is 13.4. The van der Waals surface area contributed by atoms with Crippen molar-refractivity contribution in [1.82, 2.24) is 15.0 Å². The second kappa shape index (κ2) is 10.9. The van der Waals surface area contributed by atoms with Crippen molar-refractivity contribution in [2.24, 2.45) is 5.73 Å². The molecule has 0 saturated carbocycles. The van der Waals surface area contributed by atoms with Crippen molar-refractivity contribution in [3.63, 3.8) is 0 Å². The minimum Gasteiger partial charge on any atom is -0.395 e. The van der Waals surface area contributed by atoms with Crippen molar-refractivity contribution in [2.45, 2.75) is 4.90 Å². The maximum absolute atomic E-state index is 7.75. The van der Waals surface area contributed by atoms with Gasteiger partial charge < -0.3 is 26.2 Å². The number of rotatable bonds is 4. The maximum atomic E-state index is 7.75. The number of ether oxygens (including phenoxy) is 1. The van der Waals surface area contributed by atoms with Gasteiger partial charge in [-0.15, -0.1) is 24.0 Å². The smallest absolute Gasteiger partial charge is 0.163 e. The fourth-order valence-corrected chi connectivity index (χ4v) is 4.71. The Kier molecular flexibility index (Phi) is 7.73. The molecular formula is C23H26N6O2S2. The van der Waals surface area contributed by atoms with Crippen LogP contribution in [0.2, 0.25) is 0 Å². The number of nitrogens with two attached hydrogens (primary N) is 2. The number of aromatic nitrogens is 3. The Hall–Kier alpha value is -2.76. The Morgan fingerprint density at radius 3 is 2.55 bits per heavy atom. The number of nitrogen functional groups attached to an aromatic ring is 1. The molecule has 1 saturated heterocycles. The normalized spacial score (nSPS) is 13.6. The minimum absolute atomic E-state index is 0.0972. The summed E-state index contributed by atoms with van der Waals surface area (Å²) in [4.78, 5) is 18.3. The average molecular weight is 483 g/mol. The van der Waals surface area contributed by atoms with Gasteiger partial charge in [-0.2, -0.15) is 0 Å². The Bertz CT molecular complexity index is 1210. The van der Waals surface area contributed by atoms with Gasteiger partial charge in [0.15, 0.2) is 11.6 Å². The number of thiol groups is 1. The summed E-state index contributed by atoms with van der Waals surface area (Å²) in [6, 6.07) is 14.0. The number of nitrogens with zero attached hydrogens (tertiary/aromatic N) is 4. The van der Waals surface area contributed by atoms with E-state index >= 15 is 0 Å². The summed E-state index contributed by atoms with van der Waals surface area (Å²) in [5, 5.41) is 7.75. The highest BCUT2D eigenvalue weighted by atomic mass is 32.1. The van der Waals surface area contributed by atoms with Gasteiger partial charge in [-0.25, -0.2) is 15.0 Å². The van der Waals surface area contributed by atoms with E-state index in [4.69, 9.17) is 31.3 Å². The molecule has 0 radical (unpaired) electrons. The van der Waals surface area contributed by atoms with Crippen LogP contribution in [0.4, 0.5) is 11.6 Å². The number of benzene rings is 1. The summed E-state index contributed by atoms with van der Waals surface area (Å²) in [6.45, 7) is 3.49. The first-order chi connectivity index (χ1) is 16.1. The van der Waals surface area contributed by atoms with Gasteiger partial charge in [-0.05, 0) is 35.9 Å². The van der Waals surface area contributed by atoms with E-state index in [2.05, 4.69) is 40.7 Å². The van der Waals surface area contributed by atoms with Crippen molar-refractivity contribution in [3.05, 3.63) is 48.7 Å². The van der Waals surface area contributed by atoms with Crippen LogP contribution in [0.1, 0.15) is 0 Å². The summed E-state index contributed by atoms with van der Waals surface area (Å²) in [5.74, 6) is 2.08. The molecule has 0 unspecified atom stereocenters. The van der Waals surface area contributed by atoms with Crippen molar-refractivity contribution in [2.75, 3.05) is 50.1 Å². The molecule has 1 aliphatic heterocycles. The molecule has 8 nitrogen and oxygen atoms in total. The lowest BCUT2D eigenvalue weighted by atomic mass is 10.2. The highest BCUT2D eigenvalue weighted by molar-refractivity contribution is 7.80. The van der Waals surface area contributed by atoms with E-state index in [1.807, 2.05) is 18.2 Å². The molecule has 5 N–H and O–H groups in total. The number of thiophene rings is 1. The summed E-state index contributed by atoms with van der Waals surface area (Å²) >= 11 is 6.19. The van der Waals surface area contributed by atoms with E-state index in [1.54, 1.807) is 23.6 Å². The van der Waals surface area contributed by atoms with Gasteiger partial charge >= 0.3 is 0 Å². The molecule has 0 bridgehead atoms. The van der Waals surface area contributed by atoms with Crippen LogP contribution in [0.15, 0.2) is 53.6 Å². The van der Waals surface area contributed by atoms with Crippen molar-refractivity contribution in [1.29, 1.82) is 0 Å². The molecule has 1 aliphatic rings. The van der Waals surface area contributed by atoms with E-state index in [9.17, 15) is 0 Å². The molecule has 4 aromatic rings. The predicted octanol–water partition coefficient (Wildman–Crippen LogP) is 3.07. The Morgan fingerprint density at radius 1 is 1.09 bits per heavy atom. The van der Waals surface area contributed by atoms with Crippen molar-refractivity contribution in [3.8, 4) is 21.8 Å². The van der Waals surface area contributed by atoms with Gasteiger partial charge in [-0.1, -0.05) is 12.1 Å². The molecule has 0 atom stereocenters. The first-order valence-electron chi connectivity index (χ1n) is 10.6. The number of hydrogen-bond acceptors (Lipinski definition) is 10. The van der Waals surface area contributed by atoms with E-state index in [0.29, 0.717) is 31.4 Å². The fourth-order valence-electron chi connectivity index (χ4n) is 3.37. The van der Waals surface area contributed by atoms with E-state index in [1.165, 1.54) is 0 Å². The molecule has 0 amide bonds. The van der Waals surface area contributed by atoms with Crippen LogP contribution in [-0.2, 0) is 4.74 Å². The van der Waals surface area contributed by atoms with Gasteiger partial charge in [-0.3, -0.25) is 0 Å². The third-order valence-electron chi connectivity index (χ3n) is 4.97. The Morgan fingerprint density at radius 2 is 1.88 bits per heavy atom. The molecule has 3 aromatic heterocycles. The van der Waals surface area contributed by atoms with Crippen LogP contribution < -0.4 is 16.4 Å². The van der Waals surface area contributed by atoms with Gasteiger partial charge in [0.05, 0.1) is 30.0 Å². The number of hydrogen-bond donors (Lipinski definition) is 4. The molecule has 0 aliphatic carbocycles. The van der Waals surface area contributed by atoms with Gasteiger partial charge in [0, 0.05) is 41.2 Å². The summed E-state index contributed by atoms with van der Waals surface area (Å²) in [6.07, 6.45) is 1.72. The lowest BCUT2D eigenvalue weighted by Crippen LogP contribution is -2.36. The standard InChI is InChI=1S/C21H19N5OS2.C2H7NO/c22-18-5-4-14(12-23-18)20-24-16-11-17(13-2-1-3-15(28)10-13)29-19(16)21(25-20)26-6-8-27-9-7-26;3-1-2-4/h1-5,10-12,28H,6-9H2,(H2,22,23);4H,1-3H2. The van der Waals surface area contributed by atoms with Crippen LogP contribution in [0, 0.1) is 0 Å². The summed E-state index contributed by atoms with van der Waals surface area (Å²) in [7, 11) is 0. The van der Waals surface area contributed by atoms with E-state index < -0.39 is 0 Å².